The summed E-state index contributed by atoms with van der Waals surface area (Å²) in [6.45, 7) is 7.31. The summed E-state index contributed by atoms with van der Waals surface area (Å²) in [6, 6.07) is 20.2. The lowest BCUT2D eigenvalue weighted by Gasteiger charge is -2.50. The van der Waals surface area contributed by atoms with Crippen LogP contribution in [0.5, 0.6) is 0 Å². The van der Waals surface area contributed by atoms with Crippen molar-refractivity contribution >= 4 is 0 Å². The van der Waals surface area contributed by atoms with E-state index in [4.69, 9.17) is 0 Å². The highest BCUT2D eigenvalue weighted by atomic mass is 14.5. The van der Waals surface area contributed by atoms with Crippen molar-refractivity contribution in [1.82, 2.24) is 0 Å². The quantitative estimate of drug-likeness (QED) is 0.607. The van der Waals surface area contributed by atoms with Gasteiger partial charge < -0.3 is 0 Å². The highest BCUT2D eigenvalue weighted by Gasteiger charge is 2.45. The van der Waals surface area contributed by atoms with Crippen LogP contribution in [0.4, 0.5) is 0 Å². The average molecular weight is 306 g/mol. The molecule has 0 bridgehead atoms. The molecule has 0 N–H and O–H groups in total. The van der Waals surface area contributed by atoms with Crippen LogP contribution in [0.25, 0.3) is 0 Å². The first-order valence-electron chi connectivity index (χ1n) is 9.15. The Morgan fingerprint density at radius 2 is 1.48 bits per heavy atom. The first kappa shape index (κ1) is 16.3. The summed E-state index contributed by atoms with van der Waals surface area (Å²) in [5, 5.41) is 0. The van der Waals surface area contributed by atoms with Crippen LogP contribution in [0.3, 0.4) is 0 Å². The third-order valence-corrected chi connectivity index (χ3v) is 6.51. The lowest BCUT2D eigenvalue weighted by Crippen LogP contribution is -2.44. The van der Waals surface area contributed by atoms with Crippen molar-refractivity contribution in [1.29, 1.82) is 0 Å². The zero-order valence-corrected chi connectivity index (χ0v) is 14.9. The Balaban J connectivity index is 2.05. The molecule has 0 heterocycles. The molecule has 1 fully saturated rings. The molecule has 0 nitrogen and oxygen atoms in total. The molecule has 0 aromatic heterocycles. The van der Waals surface area contributed by atoms with Gasteiger partial charge in [-0.2, -0.15) is 0 Å². The lowest BCUT2D eigenvalue weighted by atomic mass is 9.54. The van der Waals surface area contributed by atoms with Crippen LogP contribution >= 0.6 is 0 Å². The van der Waals surface area contributed by atoms with Gasteiger partial charge in [-0.15, -0.1) is 0 Å². The molecule has 3 rings (SSSR count). The van der Waals surface area contributed by atoms with Crippen LogP contribution in [0, 0.1) is 12.3 Å². The van der Waals surface area contributed by atoms with Gasteiger partial charge in [0.05, 0.1) is 0 Å². The second kappa shape index (κ2) is 6.51. The summed E-state index contributed by atoms with van der Waals surface area (Å²) in [7, 11) is 0. The highest BCUT2D eigenvalue weighted by molar-refractivity contribution is 5.35. The molecule has 2 aromatic carbocycles. The van der Waals surface area contributed by atoms with E-state index in [0.29, 0.717) is 5.41 Å². The Kier molecular flexibility index (Phi) is 4.62. The fourth-order valence-electron chi connectivity index (χ4n) is 4.54. The van der Waals surface area contributed by atoms with Gasteiger partial charge >= 0.3 is 0 Å². The molecule has 0 spiro atoms. The molecule has 0 saturated heterocycles. The zero-order chi connectivity index (χ0) is 16.3. The summed E-state index contributed by atoms with van der Waals surface area (Å²) >= 11 is 0. The van der Waals surface area contributed by atoms with E-state index >= 15 is 0 Å². The van der Waals surface area contributed by atoms with E-state index in [1.165, 1.54) is 48.8 Å². The maximum absolute atomic E-state index is 2.54. The molecular weight excluding hydrogens is 276 g/mol. The molecular formula is C23H30. The van der Waals surface area contributed by atoms with Crippen molar-refractivity contribution in [2.24, 2.45) is 5.41 Å². The predicted octanol–water partition coefficient (Wildman–Crippen LogP) is 6.47. The van der Waals surface area contributed by atoms with Crippen molar-refractivity contribution in [3.63, 3.8) is 0 Å². The summed E-state index contributed by atoms with van der Waals surface area (Å²) in [4.78, 5) is 0. The molecule has 1 aliphatic carbocycles. The van der Waals surface area contributed by atoms with Gasteiger partial charge in [-0.25, -0.2) is 0 Å². The molecule has 0 radical (unpaired) electrons. The largest absolute Gasteiger partial charge is 0.0622 e. The molecule has 0 heteroatoms. The number of aryl methyl sites for hydroxylation is 1. The fourth-order valence-corrected chi connectivity index (χ4v) is 4.54. The molecule has 1 saturated carbocycles. The van der Waals surface area contributed by atoms with Gasteiger partial charge in [0.1, 0.15) is 0 Å². The number of benzene rings is 2. The maximum atomic E-state index is 2.54. The Labute approximate surface area is 141 Å². The molecule has 0 amide bonds. The second-order valence-corrected chi connectivity index (χ2v) is 7.92. The topological polar surface area (TPSA) is 0 Å². The van der Waals surface area contributed by atoms with Crippen LogP contribution in [-0.2, 0) is 11.8 Å². The molecule has 23 heavy (non-hydrogen) atoms. The highest BCUT2D eigenvalue weighted by Crippen LogP contribution is 2.52. The summed E-state index contributed by atoms with van der Waals surface area (Å²) in [6.07, 6.45) is 8.01. The van der Waals surface area contributed by atoms with E-state index in [0.717, 1.165) is 6.42 Å². The second-order valence-electron chi connectivity index (χ2n) is 7.92. The molecule has 122 valence electrons. The van der Waals surface area contributed by atoms with Gasteiger partial charge in [0.25, 0.3) is 0 Å². The monoisotopic (exact) mass is 306 g/mol. The molecule has 2 aromatic rings. The number of hydrogen-bond donors (Lipinski definition) is 0. The zero-order valence-electron chi connectivity index (χ0n) is 14.9. The van der Waals surface area contributed by atoms with Gasteiger partial charge in [0.2, 0.25) is 0 Å². The fraction of sp³-hybridized carbons (Fsp3) is 0.478. The molecule has 1 aliphatic rings. The third-order valence-electron chi connectivity index (χ3n) is 6.51. The average Bonchev–Trinajstić information content (AvgIpc) is 2.58. The van der Waals surface area contributed by atoms with Gasteiger partial charge in [-0.05, 0) is 48.3 Å². The first-order chi connectivity index (χ1) is 11.1. The van der Waals surface area contributed by atoms with Crippen LogP contribution in [0.15, 0.2) is 54.6 Å². The van der Waals surface area contributed by atoms with Crippen LogP contribution in [-0.4, -0.2) is 0 Å². The Hall–Kier alpha value is -1.56. The van der Waals surface area contributed by atoms with Crippen LogP contribution in [0.1, 0.15) is 62.6 Å². The van der Waals surface area contributed by atoms with Crippen LogP contribution in [0.2, 0.25) is 0 Å². The van der Waals surface area contributed by atoms with Crippen molar-refractivity contribution in [2.75, 3.05) is 0 Å². The van der Waals surface area contributed by atoms with Crippen molar-refractivity contribution in [2.45, 2.75) is 64.7 Å². The minimum absolute atomic E-state index is 0.195. The van der Waals surface area contributed by atoms with Crippen molar-refractivity contribution in [3.8, 4) is 0 Å². The maximum Gasteiger partial charge on any atom is 0.00189 e. The first-order valence-corrected chi connectivity index (χ1v) is 9.15. The minimum Gasteiger partial charge on any atom is -0.0622 e. The summed E-state index contributed by atoms with van der Waals surface area (Å²) in [5.74, 6) is 0. The molecule has 1 atom stereocenters. The number of rotatable bonds is 4. The van der Waals surface area contributed by atoms with E-state index in [2.05, 4.69) is 75.4 Å². The normalized spacial score (nSPS) is 20.0. The van der Waals surface area contributed by atoms with Gasteiger partial charge in [0.15, 0.2) is 0 Å². The van der Waals surface area contributed by atoms with E-state index in [-0.39, 0.29) is 5.41 Å². The van der Waals surface area contributed by atoms with Crippen LogP contribution < -0.4 is 0 Å². The molecule has 0 aliphatic heterocycles. The number of hydrogen-bond acceptors (Lipinski definition) is 0. The Morgan fingerprint density at radius 3 is 2.13 bits per heavy atom. The molecule has 0 unspecified atom stereocenters. The van der Waals surface area contributed by atoms with Crippen molar-refractivity contribution in [3.05, 3.63) is 71.3 Å². The van der Waals surface area contributed by atoms with E-state index in [9.17, 15) is 0 Å². The van der Waals surface area contributed by atoms with Gasteiger partial charge in [0, 0.05) is 5.41 Å². The third kappa shape index (κ3) is 3.09. The minimum atomic E-state index is 0.195. The smallest absolute Gasteiger partial charge is 0.00189 e. The van der Waals surface area contributed by atoms with Gasteiger partial charge in [-0.3, -0.25) is 0 Å². The predicted molar refractivity (Wildman–Crippen MR) is 99.9 cm³/mol. The summed E-state index contributed by atoms with van der Waals surface area (Å²) in [5.41, 5.74) is 5.02. The van der Waals surface area contributed by atoms with Gasteiger partial charge in [-0.1, -0.05) is 87.7 Å². The lowest BCUT2D eigenvalue weighted by molar-refractivity contribution is 0.0935. The summed E-state index contributed by atoms with van der Waals surface area (Å²) < 4.78 is 0. The van der Waals surface area contributed by atoms with E-state index in [1.807, 2.05) is 0 Å². The Morgan fingerprint density at radius 1 is 0.870 bits per heavy atom. The van der Waals surface area contributed by atoms with Crippen molar-refractivity contribution < 1.29 is 0 Å². The Bertz CT molecular complexity index is 634. The SMILES string of the molecule is Cc1ccccc1C[C@](C)(c1ccccc1)C1(C)CCCCC1. The standard InChI is InChI=1S/C23H30/c1-19-12-8-9-13-20(19)18-23(3,21-14-6-4-7-15-21)22(2)16-10-5-11-17-22/h4,6-9,12-15H,5,10-11,16-18H2,1-3H3/t23-/m1/s1. The van der Waals surface area contributed by atoms with E-state index in [1.54, 1.807) is 0 Å². The van der Waals surface area contributed by atoms with E-state index < -0.39 is 0 Å².